The zero-order valence-corrected chi connectivity index (χ0v) is 16.6. The lowest BCUT2D eigenvalue weighted by atomic mass is 9.98. The van der Waals surface area contributed by atoms with Gasteiger partial charge in [-0.25, -0.2) is 0 Å². The average Bonchev–Trinajstić information content (AvgIpc) is 2.99. The summed E-state index contributed by atoms with van der Waals surface area (Å²) in [5.74, 6) is -1.93. The Morgan fingerprint density at radius 3 is 2.07 bits per heavy atom. The van der Waals surface area contributed by atoms with Crippen molar-refractivity contribution >= 4 is 11.6 Å². The van der Waals surface area contributed by atoms with Crippen LogP contribution in [0, 0.1) is 13.8 Å². The van der Waals surface area contributed by atoms with Gasteiger partial charge in [0.2, 0.25) is 0 Å². The first-order valence-corrected chi connectivity index (χ1v) is 9.29. The molecule has 7 nitrogen and oxygen atoms in total. The smallest absolute Gasteiger partial charge is 0.256 e. The molecule has 1 N–H and O–H groups in total. The number of amides is 1. The molecule has 5 atom stereocenters. The molecular formula is C20H27NO6. The molecule has 1 aromatic carbocycles. The molecule has 0 radical (unpaired) electrons. The number of nitrogens with one attached hydrogen (secondary N) is 1. The second-order valence-electron chi connectivity index (χ2n) is 8.46. The molecule has 0 spiro atoms. The Kier molecular flexibility index (Phi) is 4.36. The molecule has 3 heterocycles. The van der Waals surface area contributed by atoms with Gasteiger partial charge in [0.1, 0.15) is 18.3 Å². The lowest BCUT2D eigenvalue weighted by molar-refractivity contribution is -0.229. The second-order valence-corrected chi connectivity index (χ2v) is 8.46. The normalized spacial score (nSPS) is 36.1. The standard InChI is InChI=1S/C20H27NO6/c1-10-7-11(2)9-12(8-10)21-17(22)15-13-14(25-19(3,4)24-13)16-18(23-15)27-20(5,6)26-16/h7-9,13-16,18H,1-6H3,(H,21,22)/t13-,14+,15-,16+,18+/m0/s1. The molecule has 3 aliphatic heterocycles. The van der Waals surface area contributed by atoms with Crippen LogP contribution in [0.15, 0.2) is 18.2 Å². The van der Waals surface area contributed by atoms with Crippen LogP contribution >= 0.6 is 0 Å². The van der Waals surface area contributed by atoms with Crippen molar-refractivity contribution in [1.29, 1.82) is 0 Å². The van der Waals surface area contributed by atoms with Gasteiger partial charge in [0, 0.05) is 5.69 Å². The molecule has 3 saturated heterocycles. The summed E-state index contributed by atoms with van der Waals surface area (Å²) in [4.78, 5) is 13.0. The van der Waals surface area contributed by atoms with Crippen molar-refractivity contribution < 1.29 is 28.5 Å². The van der Waals surface area contributed by atoms with E-state index < -0.39 is 42.3 Å². The van der Waals surface area contributed by atoms with Gasteiger partial charge in [-0.1, -0.05) is 6.07 Å². The van der Waals surface area contributed by atoms with Crippen LogP contribution in [0.25, 0.3) is 0 Å². The number of ether oxygens (including phenoxy) is 5. The fraction of sp³-hybridized carbons (Fsp3) is 0.650. The zero-order chi connectivity index (χ0) is 19.6. The first kappa shape index (κ1) is 18.8. The van der Waals surface area contributed by atoms with Crippen molar-refractivity contribution in [3.63, 3.8) is 0 Å². The third kappa shape index (κ3) is 3.62. The highest BCUT2D eigenvalue weighted by Crippen LogP contribution is 2.44. The lowest BCUT2D eigenvalue weighted by Crippen LogP contribution is -2.58. The van der Waals surface area contributed by atoms with Crippen molar-refractivity contribution in [1.82, 2.24) is 0 Å². The van der Waals surface area contributed by atoms with Gasteiger partial charge in [-0.3, -0.25) is 4.79 Å². The Labute approximate surface area is 159 Å². The van der Waals surface area contributed by atoms with E-state index in [1.54, 1.807) is 0 Å². The van der Waals surface area contributed by atoms with E-state index >= 15 is 0 Å². The van der Waals surface area contributed by atoms with Crippen molar-refractivity contribution in [2.75, 3.05) is 5.32 Å². The molecule has 1 amide bonds. The largest absolute Gasteiger partial charge is 0.342 e. The van der Waals surface area contributed by atoms with Crippen LogP contribution in [0.4, 0.5) is 5.69 Å². The molecule has 0 aliphatic carbocycles. The molecule has 4 rings (SSSR count). The Bertz CT molecular complexity index is 741. The van der Waals surface area contributed by atoms with Crippen molar-refractivity contribution in [2.24, 2.45) is 0 Å². The van der Waals surface area contributed by atoms with E-state index in [9.17, 15) is 4.79 Å². The van der Waals surface area contributed by atoms with E-state index in [1.165, 1.54) is 0 Å². The minimum absolute atomic E-state index is 0.289. The average molecular weight is 377 g/mol. The summed E-state index contributed by atoms with van der Waals surface area (Å²) >= 11 is 0. The molecule has 0 aromatic heterocycles. The first-order chi connectivity index (χ1) is 12.5. The maximum Gasteiger partial charge on any atom is 0.256 e. The molecule has 148 valence electrons. The number of benzene rings is 1. The minimum Gasteiger partial charge on any atom is -0.342 e. The Morgan fingerprint density at radius 1 is 0.852 bits per heavy atom. The molecular weight excluding hydrogens is 350 g/mol. The van der Waals surface area contributed by atoms with Gasteiger partial charge >= 0.3 is 0 Å². The summed E-state index contributed by atoms with van der Waals surface area (Å²) in [5, 5.41) is 2.94. The van der Waals surface area contributed by atoms with E-state index in [0.29, 0.717) is 0 Å². The third-order valence-electron chi connectivity index (χ3n) is 4.90. The minimum atomic E-state index is -0.864. The second kappa shape index (κ2) is 6.25. The topological polar surface area (TPSA) is 75.3 Å². The Hall–Kier alpha value is -1.51. The molecule has 0 bridgehead atoms. The SMILES string of the molecule is Cc1cc(C)cc(NC(=O)[C@H]2O[C@@H]3OC(C)(C)O[C@@H]3[C@@H]3OC(C)(C)O[C@@H]32)c1. The zero-order valence-electron chi connectivity index (χ0n) is 16.6. The summed E-state index contributed by atoms with van der Waals surface area (Å²) in [6, 6.07) is 5.89. The van der Waals surface area contributed by atoms with Gasteiger partial charge in [-0.05, 0) is 64.8 Å². The van der Waals surface area contributed by atoms with Gasteiger partial charge in [-0.15, -0.1) is 0 Å². The van der Waals surface area contributed by atoms with Gasteiger partial charge in [0.15, 0.2) is 24.0 Å². The van der Waals surface area contributed by atoms with E-state index in [1.807, 2.05) is 53.7 Å². The highest BCUT2D eigenvalue weighted by atomic mass is 16.9. The number of carbonyl (C=O) groups excluding carboxylic acids is 1. The van der Waals surface area contributed by atoms with Crippen LogP contribution in [-0.4, -0.2) is 48.2 Å². The monoisotopic (exact) mass is 377 g/mol. The molecule has 27 heavy (non-hydrogen) atoms. The quantitative estimate of drug-likeness (QED) is 0.854. The van der Waals surface area contributed by atoms with E-state index in [0.717, 1.165) is 16.8 Å². The van der Waals surface area contributed by atoms with E-state index in [-0.39, 0.29) is 5.91 Å². The lowest BCUT2D eigenvalue weighted by Gasteiger charge is -2.36. The van der Waals surface area contributed by atoms with Crippen LogP contribution in [0.3, 0.4) is 0 Å². The number of rotatable bonds is 2. The number of aryl methyl sites for hydroxylation is 2. The maximum absolute atomic E-state index is 13.0. The van der Waals surface area contributed by atoms with E-state index in [2.05, 4.69) is 11.4 Å². The number of carbonyl (C=O) groups is 1. The van der Waals surface area contributed by atoms with Gasteiger partial charge in [-0.2, -0.15) is 0 Å². The molecule has 3 aliphatic rings. The number of hydrogen-bond donors (Lipinski definition) is 1. The van der Waals surface area contributed by atoms with Crippen molar-refractivity contribution in [3.05, 3.63) is 29.3 Å². The summed E-state index contributed by atoms with van der Waals surface area (Å²) in [5.41, 5.74) is 2.87. The fourth-order valence-corrected chi connectivity index (χ4v) is 4.08. The van der Waals surface area contributed by atoms with E-state index in [4.69, 9.17) is 23.7 Å². The molecule has 1 aromatic rings. The molecule has 0 saturated carbocycles. The summed E-state index contributed by atoms with van der Waals surface area (Å²) in [7, 11) is 0. The van der Waals surface area contributed by atoms with Crippen LogP contribution in [0.2, 0.25) is 0 Å². The number of fused-ring (bicyclic) bond motifs is 3. The van der Waals surface area contributed by atoms with Crippen LogP contribution in [0.5, 0.6) is 0 Å². The summed E-state index contributed by atoms with van der Waals surface area (Å²) in [6.45, 7) is 11.2. The van der Waals surface area contributed by atoms with Gasteiger partial charge in [0.25, 0.3) is 5.91 Å². The molecule has 3 fully saturated rings. The Balaban J connectivity index is 1.59. The van der Waals surface area contributed by atoms with Crippen molar-refractivity contribution in [2.45, 2.75) is 83.8 Å². The fourth-order valence-electron chi connectivity index (χ4n) is 4.08. The summed E-state index contributed by atoms with van der Waals surface area (Å²) in [6.07, 6.45) is -3.03. The van der Waals surface area contributed by atoms with Gasteiger partial charge in [0.05, 0.1) is 0 Å². The van der Waals surface area contributed by atoms with Crippen LogP contribution < -0.4 is 5.32 Å². The first-order valence-electron chi connectivity index (χ1n) is 9.29. The maximum atomic E-state index is 13.0. The number of anilines is 1. The summed E-state index contributed by atoms with van der Waals surface area (Å²) < 4.78 is 29.8. The third-order valence-corrected chi connectivity index (χ3v) is 4.90. The highest BCUT2D eigenvalue weighted by molar-refractivity contribution is 5.95. The van der Waals surface area contributed by atoms with Crippen molar-refractivity contribution in [3.8, 4) is 0 Å². The van der Waals surface area contributed by atoms with Crippen LogP contribution in [0.1, 0.15) is 38.8 Å². The Morgan fingerprint density at radius 2 is 1.41 bits per heavy atom. The van der Waals surface area contributed by atoms with Gasteiger partial charge < -0.3 is 29.0 Å². The van der Waals surface area contributed by atoms with Crippen LogP contribution in [-0.2, 0) is 28.5 Å². The highest BCUT2D eigenvalue weighted by Gasteiger charge is 2.62. The predicted octanol–water partition coefficient (Wildman–Crippen LogP) is 2.64. The predicted molar refractivity (Wildman–Crippen MR) is 97.1 cm³/mol. The molecule has 7 heteroatoms. The molecule has 0 unspecified atom stereocenters. The number of hydrogen-bond acceptors (Lipinski definition) is 6.